The number of benzene rings is 1. The molecular formula is C30H41N3O5. The van der Waals surface area contributed by atoms with E-state index in [1.54, 1.807) is 6.92 Å². The number of aryl methyl sites for hydroxylation is 1. The number of pyridine rings is 1. The van der Waals surface area contributed by atoms with E-state index in [0.717, 1.165) is 66.5 Å². The van der Waals surface area contributed by atoms with Crippen molar-refractivity contribution in [3.8, 4) is 16.9 Å². The molecule has 1 aliphatic carbocycles. The first-order chi connectivity index (χ1) is 18.0. The first-order valence-corrected chi connectivity index (χ1v) is 13.7. The van der Waals surface area contributed by atoms with Gasteiger partial charge in [0.2, 0.25) is 0 Å². The number of aromatic nitrogens is 1. The predicted octanol–water partition coefficient (Wildman–Crippen LogP) is 6.39. The van der Waals surface area contributed by atoms with Crippen molar-refractivity contribution < 1.29 is 24.2 Å². The maximum absolute atomic E-state index is 12.9. The number of amides is 2. The van der Waals surface area contributed by atoms with Gasteiger partial charge in [0, 0.05) is 22.9 Å². The lowest BCUT2D eigenvalue weighted by molar-refractivity contribution is -0.160. The van der Waals surface area contributed by atoms with Gasteiger partial charge in [-0.05, 0) is 95.5 Å². The highest BCUT2D eigenvalue weighted by atomic mass is 16.5. The summed E-state index contributed by atoms with van der Waals surface area (Å²) in [6, 6.07) is 3.75. The zero-order valence-electron chi connectivity index (χ0n) is 23.5. The number of urea groups is 1. The molecule has 1 saturated carbocycles. The van der Waals surface area contributed by atoms with Gasteiger partial charge in [0.15, 0.2) is 6.10 Å². The van der Waals surface area contributed by atoms with Crippen LogP contribution in [0.3, 0.4) is 0 Å². The van der Waals surface area contributed by atoms with Crippen molar-refractivity contribution in [2.24, 2.45) is 0 Å². The lowest BCUT2D eigenvalue weighted by Gasteiger charge is -2.30. The summed E-state index contributed by atoms with van der Waals surface area (Å²) in [5.41, 5.74) is 4.80. The molecule has 1 atom stereocenters. The molecule has 2 amide bonds. The van der Waals surface area contributed by atoms with Crippen LogP contribution in [-0.4, -0.2) is 40.3 Å². The second-order valence-corrected chi connectivity index (χ2v) is 11.5. The smallest absolute Gasteiger partial charge is 0.337 e. The van der Waals surface area contributed by atoms with Crippen molar-refractivity contribution in [2.75, 3.05) is 11.9 Å². The Morgan fingerprint density at radius 2 is 1.79 bits per heavy atom. The number of ether oxygens (including phenoxy) is 2. The van der Waals surface area contributed by atoms with Crippen LogP contribution in [0.25, 0.3) is 11.1 Å². The summed E-state index contributed by atoms with van der Waals surface area (Å²) < 4.78 is 12.0. The molecule has 0 spiro atoms. The van der Waals surface area contributed by atoms with Crippen LogP contribution >= 0.6 is 0 Å². The van der Waals surface area contributed by atoms with E-state index in [2.05, 4.69) is 10.6 Å². The molecule has 3 N–H and O–H groups in total. The van der Waals surface area contributed by atoms with Crippen LogP contribution < -0.4 is 15.4 Å². The molecule has 0 unspecified atom stereocenters. The minimum atomic E-state index is -1.25. The van der Waals surface area contributed by atoms with Crippen molar-refractivity contribution in [3.05, 3.63) is 40.1 Å². The lowest BCUT2D eigenvalue weighted by Crippen LogP contribution is -2.39. The number of hydrogen-bond donors (Lipinski definition) is 3. The highest BCUT2D eigenvalue weighted by Crippen LogP contribution is 2.43. The Labute approximate surface area is 225 Å². The third kappa shape index (κ3) is 6.12. The number of hydrogen-bond acceptors (Lipinski definition) is 5. The van der Waals surface area contributed by atoms with Gasteiger partial charge in [0.25, 0.3) is 0 Å². The second-order valence-electron chi connectivity index (χ2n) is 11.5. The van der Waals surface area contributed by atoms with E-state index >= 15 is 0 Å². The number of nitrogens with zero attached hydrogens (tertiary/aromatic N) is 1. The summed E-state index contributed by atoms with van der Waals surface area (Å²) in [6.07, 6.45) is 5.92. The first-order valence-electron chi connectivity index (χ1n) is 13.7. The van der Waals surface area contributed by atoms with E-state index in [1.165, 1.54) is 6.42 Å². The normalized spacial score (nSPS) is 16.8. The van der Waals surface area contributed by atoms with E-state index in [9.17, 15) is 14.7 Å². The van der Waals surface area contributed by atoms with Gasteiger partial charge in [-0.15, -0.1) is 0 Å². The summed E-state index contributed by atoms with van der Waals surface area (Å²) in [5.74, 6) is 0.128. The van der Waals surface area contributed by atoms with Crippen LogP contribution in [0, 0.1) is 20.8 Å². The van der Waals surface area contributed by atoms with Gasteiger partial charge < -0.3 is 19.9 Å². The second kappa shape index (κ2) is 11.3. The molecule has 0 radical (unpaired) electrons. The van der Waals surface area contributed by atoms with Crippen LogP contribution in [-0.2, 0) is 16.0 Å². The third-order valence-electron chi connectivity index (χ3n) is 7.45. The van der Waals surface area contributed by atoms with E-state index in [4.69, 9.17) is 14.5 Å². The molecule has 1 fully saturated rings. The van der Waals surface area contributed by atoms with Gasteiger partial charge in [0.1, 0.15) is 11.6 Å². The molecule has 0 saturated heterocycles. The lowest BCUT2D eigenvalue weighted by atomic mass is 9.86. The van der Waals surface area contributed by atoms with E-state index < -0.39 is 17.7 Å². The van der Waals surface area contributed by atoms with Gasteiger partial charge in [-0.1, -0.05) is 25.3 Å². The molecule has 38 heavy (non-hydrogen) atoms. The Morgan fingerprint density at radius 1 is 1.08 bits per heavy atom. The van der Waals surface area contributed by atoms with Crippen LogP contribution in [0.4, 0.5) is 10.6 Å². The number of carbonyl (C=O) groups excluding carboxylic acids is 1. The van der Waals surface area contributed by atoms with Gasteiger partial charge in [0.05, 0.1) is 12.2 Å². The quantitative estimate of drug-likeness (QED) is 0.404. The maximum Gasteiger partial charge on any atom is 0.337 e. The Balaban J connectivity index is 1.83. The fraction of sp³-hybridized carbons (Fsp3) is 0.567. The topological polar surface area (TPSA) is 110 Å². The molecule has 1 aliphatic heterocycles. The highest BCUT2D eigenvalue weighted by molar-refractivity contribution is 5.91. The summed E-state index contributed by atoms with van der Waals surface area (Å²) in [6.45, 7) is 11.9. The molecule has 8 nitrogen and oxygen atoms in total. The molecule has 2 heterocycles. The largest absolute Gasteiger partial charge is 0.493 e. The standard InChI is InChI=1S/C30H41N3O5/c1-17-21-13-10-16-37-23(21)15-14-22(17)25-19(3)31-27(33-29(36)32-20-11-8-7-9-12-20)18(2)24(25)26(28(34)35)38-30(4,5)6/h14-15,20,26H,7-13,16H2,1-6H3,(H,34,35)(H2,31,32,33,36)/t26-/m0/s1. The molecule has 206 valence electrons. The van der Waals surface area contributed by atoms with Crippen LogP contribution in [0.5, 0.6) is 5.75 Å². The number of aliphatic carboxylic acids is 1. The molecule has 4 rings (SSSR count). The average molecular weight is 524 g/mol. The minimum Gasteiger partial charge on any atom is -0.493 e. The fourth-order valence-corrected chi connectivity index (χ4v) is 5.65. The van der Waals surface area contributed by atoms with Crippen LogP contribution in [0.2, 0.25) is 0 Å². The number of carboxylic acid groups (broad SMARTS) is 1. The summed E-state index contributed by atoms with van der Waals surface area (Å²) in [7, 11) is 0. The third-order valence-corrected chi connectivity index (χ3v) is 7.45. The van der Waals surface area contributed by atoms with Gasteiger partial charge in [-0.25, -0.2) is 14.6 Å². The number of anilines is 1. The Hall–Kier alpha value is -3.13. The summed E-state index contributed by atoms with van der Waals surface area (Å²) in [5, 5.41) is 16.3. The van der Waals surface area contributed by atoms with Crippen molar-refractivity contribution in [2.45, 2.75) is 104 Å². The molecular weight excluding hydrogens is 482 g/mol. The van der Waals surface area contributed by atoms with E-state index in [-0.39, 0.29) is 12.1 Å². The van der Waals surface area contributed by atoms with Gasteiger partial charge in [-0.2, -0.15) is 0 Å². The van der Waals surface area contributed by atoms with Crippen molar-refractivity contribution >= 4 is 17.8 Å². The van der Waals surface area contributed by atoms with Crippen molar-refractivity contribution in [1.29, 1.82) is 0 Å². The molecule has 1 aromatic carbocycles. The molecule has 2 aromatic rings. The highest BCUT2D eigenvalue weighted by Gasteiger charge is 2.34. The molecule has 1 aromatic heterocycles. The van der Waals surface area contributed by atoms with Gasteiger partial charge in [-0.3, -0.25) is 5.32 Å². The van der Waals surface area contributed by atoms with Crippen LogP contribution in [0.1, 0.15) is 93.3 Å². The van der Waals surface area contributed by atoms with Crippen molar-refractivity contribution in [1.82, 2.24) is 10.3 Å². The monoisotopic (exact) mass is 523 g/mol. The summed E-state index contributed by atoms with van der Waals surface area (Å²) >= 11 is 0. The van der Waals surface area contributed by atoms with Gasteiger partial charge >= 0.3 is 12.0 Å². The Bertz CT molecular complexity index is 1210. The first kappa shape index (κ1) is 27.9. The fourth-order valence-electron chi connectivity index (χ4n) is 5.65. The molecule has 8 heteroatoms. The van der Waals surface area contributed by atoms with E-state index in [1.807, 2.05) is 46.8 Å². The SMILES string of the molecule is Cc1nc(NC(=O)NC2CCCCC2)c(C)c([C@H](OC(C)(C)C)C(=O)O)c1-c1ccc2c(c1C)CCCO2. The molecule has 2 aliphatic rings. The number of rotatable bonds is 6. The Morgan fingerprint density at radius 3 is 2.45 bits per heavy atom. The summed E-state index contributed by atoms with van der Waals surface area (Å²) in [4.78, 5) is 30.4. The number of carbonyl (C=O) groups is 2. The maximum atomic E-state index is 12.9. The Kier molecular flexibility index (Phi) is 8.31. The minimum absolute atomic E-state index is 0.139. The van der Waals surface area contributed by atoms with E-state index in [0.29, 0.717) is 29.2 Å². The predicted molar refractivity (Wildman–Crippen MR) is 148 cm³/mol. The zero-order chi connectivity index (χ0) is 27.6. The number of fused-ring (bicyclic) bond motifs is 1. The number of nitrogens with one attached hydrogen (secondary N) is 2. The van der Waals surface area contributed by atoms with Crippen LogP contribution in [0.15, 0.2) is 12.1 Å². The molecule has 0 bridgehead atoms. The van der Waals surface area contributed by atoms with Crippen molar-refractivity contribution in [3.63, 3.8) is 0 Å². The zero-order valence-corrected chi connectivity index (χ0v) is 23.5. The number of carboxylic acids is 1. The average Bonchev–Trinajstić information content (AvgIpc) is 2.85.